The molecule has 2 aliphatic carbocycles. The summed E-state index contributed by atoms with van der Waals surface area (Å²) >= 11 is 0. The van der Waals surface area contributed by atoms with Crippen LogP contribution in [0, 0.1) is 44.5 Å². The molecule has 1 saturated heterocycles. The van der Waals surface area contributed by atoms with E-state index >= 15 is 0 Å². The molecule has 5 atom stereocenters. The SMILES string of the molecule is CC[Si](CC)(O[C@@H]1C=C2C#C[C@](O)([C@@H]3CO[C@@H](c4c(C)cc(C)cc4C)O3)[C@H](O[Si](CC)(CC)C(C)C)C#C/C=C\2C1)C(C)C. The minimum Gasteiger partial charge on any atom is -0.410 e. The van der Waals surface area contributed by atoms with Crippen LogP contribution in [-0.2, 0) is 18.3 Å². The maximum Gasteiger partial charge on any atom is 0.196 e. The van der Waals surface area contributed by atoms with Gasteiger partial charge in [0.15, 0.2) is 34.6 Å². The Hall–Kier alpha value is -1.95. The molecule has 246 valence electrons. The molecule has 1 heterocycles. The fourth-order valence-electron chi connectivity index (χ4n) is 7.55. The summed E-state index contributed by atoms with van der Waals surface area (Å²) in [6.07, 6.45) is 2.66. The quantitative estimate of drug-likeness (QED) is 0.182. The number of fused-ring (bicyclic) bond motifs is 1. The number of benzene rings is 1. The van der Waals surface area contributed by atoms with Gasteiger partial charge in [-0.25, -0.2) is 0 Å². The van der Waals surface area contributed by atoms with Gasteiger partial charge in [0.1, 0.15) is 6.10 Å². The van der Waals surface area contributed by atoms with Crippen molar-refractivity contribution in [3.05, 3.63) is 57.7 Å². The lowest BCUT2D eigenvalue weighted by Gasteiger charge is -2.41. The summed E-state index contributed by atoms with van der Waals surface area (Å²) in [5.74, 6) is 13.3. The number of ether oxygens (including phenoxy) is 2. The van der Waals surface area contributed by atoms with E-state index in [1.165, 1.54) is 5.56 Å². The summed E-state index contributed by atoms with van der Waals surface area (Å²) in [5, 5.41) is 12.7. The highest BCUT2D eigenvalue weighted by Crippen LogP contribution is 2.41. The third kappa shape index (κ3) is 7.16. The van der Waals surface area contributed by atoms with Crippen LogP contribution in [0.5, 0.6) is 0 Å². The molecule has 0 amide bonds. The zero-order valence-electron chi connectivity index (χ0n) is 29.6. The first kappa shape index (κ1) is 35.9. The van der Waals surface area contributed by atoms with Gasteiger partial charge in [0.25, 0.3) is 0 Å². The van der Waals surface area contributed by atoms with E-state index in [0.717, 1.165) is 58.4 Å². The Bertz CT molecular complexity index is 1390. The normalized spacial score (nSPS) is 27.9. The smallest absolute Gasteiger partial charge is 0.196 e. The average Bonchev–Trinajstić information content (AvgIpc) is 3.63. The molecular formula is C38H56O5Si2. The highest BCUT2D eigenvalue weighted by atomic mass is 28.4. The van der Waals surface area contributed by atoms with E-state index in [4.69, 9.17) is 18.3 Å². The van der Waals surface area contributed by atoms with Crippen LogP contribution in [0.2, 0.25) is 35.3 Å². The van der Waals surface area contributed by atoms with Gasteiger partial charge in [-0.05, 0) is 84.9 Å². The summed E-state index contributed by atoms with van der Waals surface area (Å²) in [4.78, 5) is 0. The third-order valence-electron chi connectivity index (χ3n) is 10.8. The van der Waals surface area contributed by atoms with Crippen LogP contribution in [0.3, 0.4) is 0 Å². The van der Waals surface area contributed by atoms with Gasteiger partial charge in [-0.15, -0.1) is 0 Å². The van der Waals surface area contributed by atoms with E-state index in [9.17, 15) is 5.11 Å². The largest absolute Gasteiger partial charge is 0.410 e. The second kappa shape index (κ2) is 14.4. The molecular weight excluding hydrogens is 593 g/mol. The summed E-state index contributed by atoms with van der Waals surface area (Å²) < 4.78 is 26.8. The minimum atomic E-state index is -2.27. The number of hydrogen-bond acceptors (Lipinski definition) is 5. The molecule has 3 aliphatic rings. The Kier molecular flexibility index (Phi) is 11.5. The van der Waals surface area contributed by atoms with Gasteiger partial charge in [0.2, 0.25) is 0 Å². The number of aliphatic hydroxyl groups is 1. The molecule has 1 fully saturated rings. The first-order valence-corrected chi connectivity index (χ1v) is 22.0. The van der Waals surface area contributed by atoms with Crippen molar-refractivity contribution in [2.24, 2.45) is 0 Å². The van der Waals surface area contributed by atoms with Crippen molar-refractivity contribution >= 4 is 16.6 Å². The van der Waals surface area contributed by atoms with E-state index in [2.05, 4.69) is 118 Å². The van der Waals surface area contributed by atoms with E-state index in [0.29, 0.717) is 11.1 Å². The molecule has 0 aromatic heterocycles. The lowest BCUT2D eigenvalue weighted by atomic mass is 9.90. The molecule has 0 saturated carbocycles. The van der Waals surface area contributed by atoms with E-state index in [-0.39, 0.29) is 12.7 Å². The zero-order valence-corrected chi connectivity index (χ0v) is 31.6. The molecule has 5 nitrogen and oxygen atoms in total. The molecule has 1 aliphatic heterocycles. The molecule has 1 aromatic rings. The van der Waals surface area contributed by atoms with Crippen LogP contribution in [0.25, 0.3) is 0 Å². The molecule has 45 heavy (non-hydrogen) atoms. The summed E-state index contributed by atoms with van der Waals surface area (Å²) in [7, 11) is -4.17. The number of rotatable bonds is 12. The Balaban J connectivity index is 1.75. The van der Waals surface area contributed by atoms with Gasteiger partial charge in [0.05, 0.1) is 12.7 Å². The van der Waals surface area contributed by atoms with Crippen molar-refractivity contribution in [1.29, 1.82) is 0 Å². The van der Waals surface area contributed by atoms with E-state index in [1.807, 2.05) is 6.08 Å². The molecule has 4 rings (SSSR count). The maximum atomic E-state index is 12.7. The van der Waals surface area contributed by atoms with Crippen molar-refractivity contribution in [2.45, 2.75) is 148 Å². The molecule has 0 unspecified atom stereocenters. The standard InChI is InChI=1S/C38H56O5Si2/c1-12-44(13-2,26(5)6)42-33-23-31-17-16-18-34(43-45(14-3,15-4)27(7)8)38(39,20-19-32(31)24-33)35-25-40-37(41-35)36-29(10)21-28(9)22-30(36)11/h17,21-22,24,26-27,33-35,37,39H,12-15,23,25H2,1-11H3/b31-17-/t33-,34+,35-,37+,38+/m0/s1. The van der Waals surface area contributed by atoms with Crippen LogP contribution in [0.15, 0.2) is 35.4 Å². The van der Waals surface area contributed by atoms with Gasteiger partial charge < -0.3 is 23.4 Å². The average molecular weight is 649 g/mol. The van der Waals surface area contributed by atoms with Crippen molar-refractivity contribution in [3.8, 4) is 23.7 Å². The van der Waals surface area contributed by atoms with Crippen LogP contribution >= 0.6 is 0 Å². The molecule has 1 N–H and O–H groups in total. The van der Waals surface area contributed by atoms with Crippen molar-refractivity contribution < 1.29 is 23.4 Å². The monoisotopic (exact) mass is 648 g/mol. The van der Waals surface area contributed by atoms with Gasteiger partial charge >= 0.3 is 0 Å². The van der Waals surface area contributed by atoms with Gasteiger partial charge in [0, 0.05) is 17.6 Å². The molecule has 1 aromatic carbocycles. The maximum absolute atomic E-state index is 12.7. The van der Waals surface area contributed by atoms with Crippen LogP contribution in [0.4, 0.5) is 0 Å². The summed E-state index contributed by atoms with van der Waals surface area (Å²) in [6, 6.07) is 8.31. The topological polar surface area (TPSA) is 57.2 Å². The highest BCUT2D eigenvalue weighted by Gasteiger charge is 2.52. The first-order valence-electron chi connectivity index (χ1n) is 17.2. The summed E-state index contributed by atoms with van der Waals surface area (Å²) in [6.45, 7) is 24.4. The van der Waals surface area contributed by atoms with E-state index < -0.39 is 40.7 Å². The predicted octanol–water partition coefficient (Wildman–Crippen LogP) is 8.59. The van der Waals surface area contributed by atoms with Crippen molar-refractivity contribution in [3.63, 3.8) is 0 Å². The predicted molar refractivity (Wildman–Crippen MR) is 189 cm³/mol. The first-order chi connectivity index (χ1) is 21.3. The summed E-state index contributed by atoms with van der Waals surface area (Å²) in [5.41, 5.74) is 5.55. The van der Waals surface area contributed by atoms with Crippen molar-refractivity contribution in [2.75, 3.05) is 6.61 Å². The van der Waals surface area contributed by atoms with Crippen molar-refractivity contribution in [1.82, 2.24) is 0 Å². The molecule has 0 bridgehead atoms. The molecule has 7 heteroatoms. The number of allylic oxidation sites excluding steroid dienone is 2. The second-order valence-electron chi connectivity index (χ2n) is 13.9. The Labute approximate surface area is 275 Å². The van der Waals surface area contributed by atoms with Gasteiger partial charge in [-0.2, -0.15) is 0 Å². The second-order valence-corrected chi connectivity index (χ2v) is 23.8. The Morgan fingerprint density at radius 3 is 2.07 bits per heavy atom. The Morgan fingerprint density at radius 2 is 1.51 bits per heavy atom. The lowest BCUT2D eigenvalue weighted by molar-refractivity contribution is -0.123. The number of hydrogen-bond donors (Lipinski definition) is 1. The lowest BCUT2D eigenvalue weighted by Crippen LogP contribution is -2.57. The zero-order chi connectivity index (χ0) is 33.2. The third-order valence-corrected chi connectivity index (χ3v) is 21.2. The van der Waals surface area contributed by atoms with E-state index in [1.54, 1.807) is 0 Å². The van der Waals surface area contributed by atoms with Gasteiger partial charge in [-0.3, -0.25) is 0 Å². The van der Waals surface area contributed by atoms with Crippen LogP contribution in [-0.4, -0.2) is 52.3 Å². The molecule has 0 radical (unpaired) electrons. The van der Waals surface area contributed by atoms with Crippen LogP contribution < -0.4 is 0 Å². The fraction of sp³-hybridized carbons (Fsp3) is 0.632. The Morgan fingerprint density at radius 1 is 0.933 bits per heavy atom. The van der Waals surface area contributed by atoms with Gasteiger partial charge in [-0.1, -0.05) is 96.8 Å². The molecule has 0 spiro atoms. The van der Waals surface area contributed by atoms with Crippen LogP contribution in [0.1, 0.15) is 90.4 Å². The highest BCUT2D eigenvalue weighted by molar-refractivity contribution is 6.75. The minimum absolute atomic E-state index is 0.0278. The fourth-order valence-corrected chi connectivity index (χ4v) is 14.5. The number of aryl methyl sites for hydroxylation is 3.